The number of aromatic hydroxyl groups is 2. The van der Waals surface area contributed by atoms with Gasteiger partial charge in [0.15, 0.2) is 0 Å². The highest BCUT2D eigenvalue weighted by Gasteiger charge is 2.26. The summed E-state index contributed by atoms with van der Waals surface area (Å²) in [5, 5.41) is 19.0. The van der Waals surface area contributed by atoms with Gasteiger partial charge in [-0.25, -0.2) is 0 Å². The quantitative estimate of drug-likeness (QED) is 0.747. The van der Waals surface area contributed by atoms with Crippen molar-refractivity contribution < 1.29 is 10.2 Å². The topological polar surface area (TPSA) is 40.5 Å². The first-order chi connectivity index (χ1) is 10.6. The average Bonchev–Trinajstić information content (AvgIpc) is 2.53. The van der Waals surface area contributed by atoms with E-state index in [9.17, 15) is 10.2 Å². The van der Waals surface area contributed by atoms with Crippen LogP contribution in [0.5, 0.6) is 11.5 Å². The molecule has 22 heavy (non-hydrogen) atoms. The Morgan fingerprint density at radius 2 is 1.18 bits per heavy atom. The highest BCUT2D eigenvalue weighted by Crippen LogP contribution is 2.40. The third-order valence-electron chi connectivity index (χ3n) is 4.81. The maximum absolute atomic E-state index is 9.50. The Morgan fingerprint density at radius 1 is 0.727 bits per heavy atom. The van der Waals surface area contributed by atoms with Gasteiger partial charge in [0.25, 0.3) is 0 Å². The predicted octanol–water partition coefficient (Wildman–Crippen LogP) is 5.42. The Hall–Kier alpha value is -1.96. The van der Waals surface area contributed by atoms with Gasteiger partial charge in [-0.1, -0.05) is 51.5 Å². The fourth-order valence-electron chi connectivity index (χ4n) is 3.52. The Labute approximate surface area is 133 Å². The Kier molecular flexibility index (Phi) is 5.48. The zero-order valence-corrected chi connectivity index (χ0v) is 13.7. The lowest BCUT2D eigenvalue weighted by Crippen LogP contribution is -2.18. The molecule has 2 nitrogen and oxygen atoms in total. The van der Waals surface area contributed by atoms with Crippen molar-refractivity contribution in [1.82, 2.24) is 0 Å². The molecular weight excluding hydrogens is 272 g/mol. The van der Waals surface area contributed by atoms with Gasteiger partial charge in [-0.3, -0.25) is 0 Å². The minimum absolute atomic E-state index is 0.314. The molecule has 2 heteroatoms. The van der Waals surface area contributed by atoms with Crippen LogP contribution >= 0.6 is 0 Å². The molecule has 0 amide bonds. The minimum Gasteiger partial charge on any atom is -0.508 e. The molecule has 0 unspecified atom stereocenters. The van der Waals surface area contributed by atoms with E-state index in [1.807, 2.05) is 24.3 Å². The van der Waals surface area contributed by atoms with Crippen LogP contribution < -0.4 is 0 Å². The van der Waals surface area contributed by atoms with Crippen molar-refractivity contribution >= 4 is 0 Å². The van der Waals surface area contributed by atoms with E-state index in [0.29, 0.717) is 29.3 Å². The van der Waals surface area contributed by atoms with Crippen molar-refractivity contribution in [2.24, 2.45) is 5.92 Å². The van der Waals surface area contributed by atoms with Crippen LogP contribution in [0.2, 0.25) is 0 Å². The molecule has 0 fully saturated rings. The van der Waals surface area contributed by atoms with Gasteiger partial charge in [0, 0.05) is 0 Å². The Bertz CT molecular complexity index is 572. The van der Waals surface area contributed by atoms with Gasteiger partial charge in [-0.2, -0.15) is 0 Å². The average molecular weight is 298 g/mol. The van der Waals surface area contributed by atoms with Crippen LogP contribution in [-0.2, 0) is 0 Å². The van der Waals surface area contributed by atoms with Gasteiger partial charge in [0.2, 0.25) is 0 Å². The summed E-state index contributed by atoms with van der Waals surface area (Å²) in [6, 6.07) is 15.2. The fourth-order valence-corrected chi connectivity index (χ4v) is 3.52. The van der Waals surface area contributed by atoms with Crippen LogP contribution in [0.4, 0.5) is 0 Å². The molecule has 0 aromatic heterocycles. The molecule has 118 valence electrons. The lowest BCUT2D eigenvalue weighted by molar-refractivity contribution is 0.345. The monoisotopic (exact) mass is 298 g/mol. The van der Waals surface area contributed by atoms with Gasteiger partial charge in [0.1, 0.15) is 11.5 Å². The van der Waals surface area contributed by atoms with Crippen LogP contribution in [0.1, 0.15) is 56.6 Å². The van der Waals surface area contributed by atoms with Gasteiger partial charge < -0.3 is 10.2 Å². The second kappa shape index (κ2) is 7.35. The number of hydrogen-bond acceptors (Lipinski definition) is 2. The Morgan fingerprint density at radius 3 is 1.59 bits per heavy atom. The van der Waals surface area contributed by atoms with Crippen molar-refractivity contribution in [3.8, 4) is 11.5 Å². The van der Waals surface area contributed by atoms with Crippen molar-refractivity contribution in [2.45, 2.75) is 45.4 Å². The summed E-state index contributed by atoms with van der Waals surface area (Å²) in [6.07, 6.45) is 2.17. The van der Waals surface area contributed by atoms with Crippen LogP contribution in [0.25, 0.3) is 0 Å². The van der Waals surface area contributed by atoms with Gasteiger partial charge in [-0.05, 0) is 59.6 Å². The molecule has 3 atom stereocenters. The summed E-state index contributed by atoms with van der Waals surface area (Å²) in [4.78, 5) is 0. The van der Waals surface area contributed by atoms with Gasteiger partial charge in [-0.15, -0.1) is 0 Å². The van der Waals surface area contributed by atoms with Crippen LogP contribution in [-0.4, -0.2) is 10.2 Å². The van der Waals surface area contributed by atoms with Crippen LogP contribution in [0.3, 0.4) is 0 Å². The predicted molar refractivity (Wildman–Crippen MR) is 91.4 cm³/mol. The smallest absolute Gasteiger partial charge is 0.115 e. The highest BCUT2D eigenvalue weighted by atomic mass is 16.3. The van der Waals surface area contributed by atoms with Crippen molar-refractivity contribution in [2.75, 3.05) is 0 Å². The maximum atomic E-state index is 9.50. The summed E-state index contributed by atoms with van der Waals surface area (Å²) in [7, 11) is 0. The molecule has 0 aliphatic rings. The molecule has 0 aliphatic heterocycles. The zero-order chi connectivity index (χ0) is 16.1. The molecule has 0 bridgehead atoms. The van der Waals surface area contributed by atoms with E-state index in [4.69, 9.17) is 0 Å². The van der Waals surface area contributed by atoms with E-state index < -0.39 is 0 Å². The number of rotatable bonds is 6. The maximum Gasteiger partial charge on any atom is 0.115 e. The van der Waals surface area contributed by atoms with E-state index in [1.165, 1.54) is 11.1 Å². The first-order valence-corrected chi connectivity index (χ1v) is 8.14. The number of phenolic OH excluding ortho intramolecular Hbond substituents is 2. The molecule has 0 saturated carbocycles. The van der Waals surface area contributed by atoms with E-state index >= 15 is 0 Å². The lowest BCUT2D eigenvalue weighted by atomic mass is 9.73. The summed E-state index contributed by atoms with van der Waals surface area (Å²) >= 11 is 0. The molecule has 0 saturated heterocycles. The van der Waals surface area contributed by atoms with Crippen molar-refractivity contribution in [1.29, 1.82) is 0 Å². The van der Waals surface area contributed by atoms with Gasteiger partial charge >= 0.3 is 0 Å². The lowest BCUT2D eigenvalue weighted by Gasteiger charge is -2.31. The van der Waals surface area contributed by atoms with Crippen LogP contribution in [0.15, 0.2) is 48.5 Å². The molecular formula is C20H26O2. The summed E-state index contributed by atoms with van der Waals surface area (Å²) in [5.74, 6) is 2.05. The van der Waals surface area contributed by atoms with E-state index in [1.54, 1.807) is 24.3 Å². The van der Waals surface area contributed by atoms with Crippen LogP contribution in [0, 0.1) is 5.92 Å². The summed E-state index contributed by atoms with van der Waals surface area (Å²) < 4.78 is 0. The molecule has 0 radical (unpaired) electrons. The van der Waals surface area contributed by atoms with Crippen molar-refractivity contribution in [3.63, 3.8) is 0 Å². The number of phenols is 2. The molecule has 0 spiro atoms. The molecule has 2 rings (SSSR count). The SMILES string of the molecule is CC[C@H]([C@H](C)c1ccc(O)cc1)[C@H](CC)c1ccc(O)cc1. The van der Waals surface area contributed by atoms with Gasteiger partial charge in [0.05, 0.1) is 0 Å². The third-order valence-corrected chi connectivity index (χ3v) is 4.81. The van der Waals surface area contributed by atoms with E-state index in [0.717, 1.165) is 12.8 Å². The summed E-state index contributed by atoms with van der Waals surface area (Å²) in [5.41, 5.74) is 2.56. The normalized spacial score (nSPS) is 15.2. The standard InChI is InChI=1S/C20H26O2/c1-4-19(14(3)15-6-10-17(21)11-7-15)20(5-2)16-8-12-18(22)13-9-16/h6-14,19-22H,4-5H2,1-3H3/t14-,19-,20-/m1/s1. The number of hydrogen-bond donors (Lipinski definition) is 2. The first-order valence-electron chi connectivity index (χ1n) is 8.14. The fraction of sp³-hybridized carbons (Fsp3) is 0.400. The second-order valence-electron chi connectivity index (χ2n) is 6.06. The molecule has 2 N–H and O–H groups in total. The van der Waals surface area contributed by atoms with E-state index in [-0.39, 0.29) is 0 Å². The first kappa shape index (κ1) is 16.4. The third kappa shape index (κ3) is 3.62. The largest absolute Gasteiger partial charge is 0.508 e. The van der Waals surface area contributed by atoms with E-state index in [2.05, 4.69) is 20.8 Å². The molecule has 0 aliphatic carbocycles. The summed E-state index contributed by atoms with van der Waals surface area (Å²) in [6.45, 7) is 6.73. The molecule has 0 heterocycles. The zero-order valence-electron chi connectivity index (χ0n) is 13.7. The molecule has 2 aromatic carbocycles. The van der Waals surface area contributed by atoms with Crippen molar-refractivity contribution in [3.05, 3.63) is 59.7 Å². The highest BCUT2D eigenvalue weighted by molar-refractivity contribution is 5.31. The number of benzene rings is 2. The Balaban J connectivity index is 2.27. The minimum atomic E-state index is 0.314. The second-order valence-corrected chi connectivity index (χ2v) is 6.06. The molecule has 2 aromatic rings.